The third-order valence-corrected chi connectivity index (χ3v) is 2.91. The highest BCUT2D eigenvalue weighted by atomic mass is 16.5. The molecule has 2 N–H and O–H groups in total. The Morgan fingerprint density at radius 3 is 2.32 bits per heavy atom. The molecule has 0 saturated heterocycles. The molecule has 0 atom stereocenters. The summed E-state index contributed by atoms with van der Waals surface area (Å²) in [6, 6.07) is 8.85. The third kappa shape index (κ3) is 3.85. The number of nitrogens with zero attached hydrogens (tertiary/aromatic N) is 2. The molecule has 2 rings (SSSR count). The van der Waals surface area contributed by atoms with Crippen LogP contribution in [-0.2, 0) is 4.79 Å². The first-order valence-electron chi connectivity index (χ1n) is 6.79. The van der Waals surface area contributed by atoms with Gasteiger partial charge >= 0.3 is 0 Å². The Morgan fingerprint density at radius 1 is 1.05 bits per heavy atom. The van der Waals surface area contributed by atoms with Crippen LogP contribution in [0.15, 0.2) is 30.3 Å². The molecule has 0 bridgehead atoms. The van der Waals surface area contributed by atoms with Crippen molar-refractivity contribution in [3.8, 4) is 11.5 Å². The monoisotopic (exact) mass is 302 g/mol. The van der Waals surface area contributed by atoms with Gasteiger partial charge in [-0.15, -0.1) is 10.2 Å². The fourth-order valence-corrected chi connectivity index (χ4v) is 1.76. The second kappa shape index (κ2) is 7.26. The minimum atomic E-state index is -0.102. The van der Waals surface area contributed by atoms with E-state index < -0.39 is 0 Å². The Hall–Kier alpha value is -2.83. The van der Waals surface area contributed by atoms with Crippen molar-refractivity contribution >= 4 is 23.2 Å². The molecule has 0 radical (unpaired) electrons. The lowest BCUT2D eigenvalue weighted by atomic mass is 10.2. The first-order valence-corrected chi connectivity index (χ1v) is 6.79. The van der Waals surface area contributed by atoms with Crippen molar-refractivity contribution < 1.29 is 14.3 Å². The molecule has 0 unspecified atom stereocenters. The van der Waals surface area contributed by atoms with Crippen molar-refractivity contribution in [2.75, 3.05) is 24.9 Å². The molecule has 116 valence electrons. The number of rotatable bonds is 6. The number of anilines is 3. The van der Waals surface area contributed by atoms with E-state index in [4.69, 9.17) is 9.47 Å². The molecule has 7 heteroatoms. The van der Waals surface area contributed by atoms with Gasteiger partial charge in [-0.25, -0.2) is 0 Å². The maximum atomic E-state index is 11.3. The maximum Gasteiger partial charge on any atom is 0.225 e. The van der Waals surface area contributed by atoms with E-state index in [1.807, 2.05) is 6.07 Å². The number of benzene rings is 1. The first-order chi connectivity index (χ1) is 10.7. The molecule has 0 saturated carbocycles. The number of hydrogen-bond acceptors (Lipinski definition) is 6. The molecule has 0 spiro atoms. The summed E-state index contributed by atoms with van der Waals surface area (Å²) in [5, 5.41) is 13.7. The number of methoxy groups -OCH3 is 2. The highest BCUT2D eigenvalue weighted by molar-refractivity contribution is 5.89. The topological polar surface area (TPSA) is 85.4 Å². The van der Waals surface area contributed by atoms with Gasteiger partial charge < -0.3 is 20.1 Å². The van der Waals surface area contributed by atoms with Crippen LogP contribution in [-0.4, -0.2) is 30.3 Å². The van der Waals surface area contributed by atoms with Gasteiger partial charge in [-0.05, 0) is 24.3 Å². The zero-order chi connectivity index (χ0) is 15.9. The molecule has 1 aromatic heterocycles. The van der Waals surface area contributed by atoms with Crippen LogP contribution in [0.3, 0.4) is 0 Å². The molecular formula is C15H18N4O3. The summed E-state index contributed by atoms with van der Waals surface area (Å²) in [6.07, 6.45) is 0.396. The van der Waals surface area contributed by atoms with E-state index >= 15 is 0 Å². The molecule has 0 aliphatic heterocycles. The van der Waals surface area contributed by atoms with Gasteiger partial charge in [-0.3, -0.25) is 4.79 Å². The SMILES string of the molecule is CCC(=O)Nc1ccc(Nc2ccc(OC)c(OC)c2)nn1. The first kappa shape index (κ1) is 15.6. The summed E-state index contributed by atoms with van der Waals surface area (Å²) < 4.78 is 10.4. The van der Waals surface area contributed by atoms with Gasteiger partial charge in [0.2, 0.25) is 5.91 Å². The van der Waals surface area contributed by atoms with Gasteiger partial charge in [-0.2, -0.15) is 0 Å². The summed E-state index contributed by atoms with van der Waals surface area (Å²) in [5.74, 6) is 2.14. The molecule has 1 aromatic carbocycles. The van der Waals surface area contributed by atoms with E-state index in [-0.39, 0.29) is 5.91 Å². The third-order valence-electron chi connectivity index (χ3n) is 2.91. The van der Waals surface area contributed by atoms with Crippen LogP contribution in [0, 0.1) is 0 Å². The Labute approximate surface area is 128 Å². The van der Waals surface area contributed by atoms with Crippen LogP contribution < -0.4 is 20.1 Å². The summed E-state index contributed by atoms with van der Waals surface area (Å²) in [4.78, 5) is 11.3. The van der Waals surface area contributed by atoms with Crippen molar-refractivity contribution in [3.63, 3.8) is 0 Å². The molecule has 0 aliphatic rings. The van der Waals surface area contributed by atoms with E-state index in [1.165, 1.54) is 0 Å². The minimum absolute atomic E-state index is 0.102. The Kier molecular flexibility index (Phi) is 5.13. The van der Waals surface area contributed by atoms with Gasteiger partial charge in [0.1, 0.15) is 0 Å². The standard InChI is InChI=1S/C15H18N4O3/c1-4-15(20)17-14-8-7-13(18-19-14)16-10-5-6-11(21-2)12(9-10)22-3/h5-9H,4H2,1-3H3,(H,16,18)(H,17,19,20). The largest absolute Gasteiger partial charge is 0.493 e. The van der Waals surface area contributed by atoms with E-state index in [0.29, 0.717) is 29.6 Å². The lowest BCUT2D eigenvalue weighted by Crippen LogP contribution is -2.11. The molecular weight excluding hydrogens is 284 g/mol. The smallest absolute Gasteiger partial charge is 0.225 e. The Morgan fingerprint density at radius 2 is 1.73 bits per heavy atom. The summed E-state index contributed by atoms with van der Waals surface area (Å²) in [5.41, 5.74) is 0.789. The molecule has 7 nitrogen and oxygen atoms in total. The van der Waals surface area contributed by atoms with Crippen LogP contribution in [0.5, 0.6) is 11.5 Å². The van der Waals surface area contributed by atoms with E-state index in [0.717, 1.165) is 5.69 Å². The van der Waals surface area contributed by atoms with E-state index in [1.54, 1.807) is 45.4 Å². The second-order valence-electron chi connectivity index (χ2n) is 4.40. The minimum Gasteiger partial charge on any atom is -0.493 e. The van der Waals surface area contributed by atoms with Crippen molar-refractivity contribution in [2.45, 2.75) is 13.3 Å². The van der Waals surface area contributed by atoms with Gasteiger partial charge in [0.15, 0.2) is 23.1 Å². The Balaban J connectivity index is 2.09. The number of ether oxygens (including phenoxy) is 2. The molecule has 1 amide bonds. The summed E-state index contributed by atoms with van der Waals surface area (Å²) in [7, 11) is 3.16. The maximum absolute atomic E-state index is 11.3. The van der Waals surface area contributed by atoms with Crippen molar-refractivity contribution in [1.29, 1.82) is 0 Å². The fourth-order valence-electron chi connectivity index (χ4n) is 1.76. The lowest BCUT2D eigenvalue weighted by Gasteiger charge is -2.10. The van der Waals surface area contributed by atoms with Crippen molar-refractivity contribution in [1.82, 2.24) is 10.2 Å². The van der Waals surface area contributed by atoms with E-state index in [2.05, 4.69) is 20.8 Å². The number of carbonyl (C=O) groups excluding carboxylic acids is 1. The second-order valence-corrected chi connectivity index (χ2v) is 4.40. The molecule has 2 aromatic rings. The summed E-state index contributed by atoms with van der Waals surface area (Å²) >= 11 is 0. The number of aromatic nitrogens is 2. The molecule has 0 fully saturated rings. The van der Waals surface area contributed by atoms with Gasteiger partial charge in [0, 0.05) is 18.2 Å². The lowest BCUT2D eigenvalue weighted by molar-refractivity contribution is -0.115. The van der Waals surface area contributed by atoms with Gasteiger partial charge in [0.25, 0.3) is 0 Å². The highest BCUT2D eigenvalue weighted by Crippen LogP contribution is 2.30. The predicted molar refractivity (Wildman–Crippen MR) is 83.8 cm³/mol. The van der Waals surface area contributed by atoms with Crippen molar-refractivity contribution in [3.05, 3.63) is 30.3 Å². The summed E-state index contributed by atoms with van der Waals surface area (Å²) in [6.45, 7) is 1.77. The van der Waals surface area contributed by atoms with Crippen LogP contribution >= 0.6 is 0 Å². The zero-order valence-electron chi connectivity index (χ0n) is 12.7. The fraction of sp³-hybridized carbons (Fsp3) is 0.267. The zero-order valence-corrected chi connectivity index (χ0v) is 12.7. The highest BCUT2D eigenvalue weighted by Gasteiger charge is 2.06. The van der Waals surface area contributed by atoms with Crippen LogP contribution in [0.1, 0.15) is 13.3 Å². The Bertz CT molecular complexity index is 644. The van der Waals surface area contributed by atoms with Crippen LogP contribution in [0.4, 0.5) is 17.3 Å². The van der Waals surface area contributed by atoms with Crippen LogP contribution in [0.2, 0.25) is 0 Å². The molecule has 1 heterocycles. The van der Waals surface area contributed by atoms with Gasteiger partial charge in [-0.1, -0.05) is 6.92 Å². The average Bonchev–Trinajstić information content (AvgIpc) is 2.56. The number of hydrogen-bond donors (Lipinski definition) is 2. The van der Waals surface area contributed by atoms with E-state index in [9.17, 15) is 4.79 Å². The normalized spacial score (nSPS) is 9.95. The number of nitrogens with one attached hydrogen (secondary N) is 2. The molecule has 22 heavy (non-hydrogen) atoms. The quantitative estimate of drug-likeness (QED) is 0.853. The predicted octanol–water partition coefficient (Wildman–Crippen LogP) is 2.59. The van der Waals surface area contributed by atoms with Crippen molar-refractivity contribution in [2.24, 2.45) is 0 Å². The van der Waals surface area contributed by atoms with Gasteiger partial charge in [0.05, 0.1) is 14.2 Å². The number of amides is 1. The van der Waals surface area contributed by atoms with Crippen LogP contribution in [0.25, 0.3) is 0 Å². The average molecular weight is 302 g/mol. The number of carbonyl (C=O) groups is 1. The molecule has 0 aliphatic carbocycles.